The van der Waals surface area contributed by atoms with Crippen molar-refractivity contribution in [2.45, 2.75) is 6.42 Å². The van der Waals surface area contributed by atoms with Crippen molar-refractivity contribution in [3.05, 3.63) is 65.7 Å². The summed E-state index contributed by atoms with van der Waals surface area (Å²) in [4.78, 5) is 19.1. The maximum Gasteiger partial charge on any atom is 0.153 e. The quantitative estimate of drug-likeness (QED) is 0.688. The van der Waals surface area contributed by atoms with E-state index in [9.17, 15) is 4.79 Å². The second-order valence-electron chi connectivity index (χ2n) is 4.73. The fraction of sp³-hybridized carbons (Fsp3) is 0.118. The van der Waals surface area contributed by atoms with E-state index in [1.807, 2.05) is 24.3 Å². The Balaban J connectivity index is 2.00. The minimum atomic E-state index is 0.485. The zero-order valence-electron chi connectivity index (χ0n) is 11.6. The molecule has 0 amide bonds. The summed E-state index contributed by atoms with van der Waals surface area (Å²) in [7, 11) is 1.66. The number of carbonyl (C=O) groups is 1. The van der Waals surface area contributed by atoms with Crippen LogP contribution in [0.1, 0.15) is 21.7 Å². The molecule has 104 valence electrons. The molecule has 1 aromatic heterocycles. The summed E-state index contributed by atoms with van der Waals surface area (Å²) in [6.07, 6.45) is 4.44. The lowest BCUT2D eigenvalue weighted by Crippen LogP contribution is -1.98. The van der Waals surface area contributed by atoms with E-state index in [1.54, 1.807) is 19.5 Å². The third-order valence-electron chi connectivity index (χ3n) is 3.39. The molecule has 0 N–H and O–H groups in total. The summed E-state index contributed by atoms with van der Waals surface area (Å²) in [5.41, 5.74) is 1.61. The number of ether oxygens (including phenoxy) is 1. The molecule has 0 aliphatic heterocycles. The van der Waals surface area contributed by atoms with Crippen molar-refractivity contribution in [2.24, 2.45) is 0 Å². The first-order chi connectivity index (χ1) is 10.3. The lowest BCUT2D eigenvalue weighted by Gasteiger charge is -2.08. The van der Waals surface area contributed by atoms with Gasteiger partial charge in [0.1, 0.15) is 11.6 Å². The van der Waals surface area contributed by atoms with E-state index in [0.29, 0.717) is 17.8 Å². The first-order valence-corrected chi connectivity index (χ1v) is 6.62. The van der Waals surface area contributed by atoms with E-state index in [2.05, 4.69) is 22.1 Å². The predicted molar refractivity (Wildman–Crippen MR) is 80.7 cm³/mol. The topological polar surface area (TPSA) is 52.1 Å². The highest BCUT2D eigenvalue weighted by Gasteiger charge is 2.06. The van der Waals surface area contributed by atoms with Crippen molar-refractivity contribution in [1.29, 1.82) is 0 Å². The third-order valence-corrected chi connectivity index (χ3v) is 3.39. The predicted octanol–water partition coefficient (Wildman–Crippen LogP) is 3.04. The van der Waals surface area contributed by atoms with Crippen molar-refractivity contribution < 1.29 is 9.53 Å². The van der Waals surface area contributed by atoms with E-state index in [0.717, 1.165) is 28.4 Å². The van der Waals surface area contributed by atoms with Crippen LogP contribution in [0.4, 0.5) is 0 Å². The van der Waals surface area contributed by atoms with Crippen LogP contribution in [0.15, 0.2) is 48.8 Å². The Morgan fingerprint density at radius 1 is 1.14 bits per heavy atom. The maximum absolute atomic E-state index is 10.6. The molecule has 0 saturated carbocycles. The van der Waals surface area contributed by atoms with Crippen molar-refractivity contribution >= 4 is 17.1 Å². The first-order valence-electron chi connectivity index (χ1n) is 6.62. The summed E-state index contributed by atoms with van der Waals surface area (Å²) in [6, 6.07) is 12.1. The van der Waals surface area contributed by atoms with E-state index >= 15 is 0 Å². The average molecular weight is 278 g/mol. The Morgan fingerprint density at radius 2 is 1.95 bits per heavy atom. The van der Waals surface area contributed by atoms with Gasteiger partial charge in [-0.3, -0.25) is 4.79 Å². The molecule has 0 atom stereocenters. The number of rotatable bonds is 4. The highest BCUT2D eigenvalue weighted by molar-refractivity contribution is 5.87. The van der Waals surface area contributed by atoms with E-state index < -0.39 is 0 Å². The molecule has 1 heterocycles. The normalized spacial score (nSPS) is 10.5. The molecule has 0 fully saturated rings. The van der Waals surface area contributed by atoms with Gasteiger partial charge in [-0.15, -0.1) is 0 Å². The van der Waals surface area contributed by atoms with Crippen LogP contribution in [0.25, 0.3) is 10.8 Å². The van der Waals surface area contributed by atoms with Gasteiger partial charge in [-0.1, -0.05) is 24.3 Å². The number of hydrogen-bond acceptors (Lipinski definition) is 4. The van der Waals surface area contributed by atoms with Gasteiger partial charge in [-0.2, -0.15) is 0 Å². The van der Waals surface area contributed by atoms with Gasteiger partial charge in [0.25, 0.3) is 0 Å². The number of aromatic nitrogens is 2. The molecule has 0 aliphatic carbocycles. The van der Waals surface area contributed by atoms with Crippen molar-refractivity contribution in [2.75, 3.05) is 7.11 Å². The molecule has 0 spiro atoms. The van der Waals surface area contributed by atoms with Gasteiger partial charge in [0.15, 0.2) is 6.29 Å². The first kappa shape index (κ1) is 13.2. The van der Waals surface area contributed by atoms with Crippen LogP contribution in [0.5, 0.6) is 5.75 Å². The SMILES string of the molecule is COc1ccc2cccc(Cc3ncc(C=O)cn3)c2c1. The van der Waals surface area contributed by atoms with Crippen LogP contribution in [0, 0.1) is 0 Å². The van der Waals surface area contributed by atoms with Gasteiger partial charge in [-0.25, -0.2) is 9.97 Å². The zero-order chi connectivity index (χ0) is 14.7. The molecule has 21 heavy (non-hydrogen) atoms. The van der Waals surface area contributed by atoms with E-state index in [4.69, 9.17) is 4.74 Å². The van der Waals surface area contributed by atoms with Crippen LogP contribution >= 0.6 is 0 Å². The molecule has 0 unspecified atom stereocenters. The van der Waals surface area contributed by atoms with Gasteiger partial charge >= 0.3 is 0 Å². The number of carbonyl (C=O) groups excluding carboxylic acids is 1. The summed E-state index contributed by atoms with van der Waals surface area (Å²) in [5.74, 6) is 1.52. The zero-order valence-corrected chi connectivity index (χ0v) is 11.6. The lowest BCUT2D eigenvalue weighted by atomic mass is 10.0. The molecule has 0 saturated heterocycles. The van der Waals surface area contributed by atoms with Gasteiger partial charge in [0.2, 0.25) is 0 Å². The third kappa shape index (κ3) is 2.74. The van der Waals surface area contributed by atoms with Crippen LogP contribution < -0.4 is 4.74 Å². The smallest absolute Gasteiger partial charge is 0.153 e. The Kier molecular flexibility index (Phi) is 3.60. The molecule has 0 radical (unpaired) electrons. The lowest BCUT2D eigenvalue weighted by molar-refractivity contribution is 0.112. The molecule has 0 aliphatic rings. The summed E-state index contributed by atoms with van der Waals surface area (Å²) < 4.78 is 5.29. The Hall–Kier alpha value is -2.75. The highest BCUT2D eigenvalue weighted by Crippen LogP contribution is 2.25. The minimum absolute atomic E-state index is 0.485. The molecule has 3 rings (SSSR count). The molecule has 4 heteroatoms. The van der Waals surface area contributed by atoms with Crippen molar-refractivity contribution in [1.82, 2.24) is 9.97 Å². The molecule has 4 nitrogen and oxygen atoms in total. The van der Waals surface area contributed by atoms with E-state index in [1.165, 1.54) is 0 Å². The van der Waals surface area contributed by atoms with Crippen LogP contribution in [0.3, 0.4) is 0 Å². The maximum atomic E-state index is 10.6. The number of fused-ring (bicyclic) bond motifs is 1. The Labute approximate surface area is 122 Å². The fourth-order valence-electron chi connectivity index (χ4n) is 2.28. The van der Waals surface area contributed by atoms with E-state index in [-0.39, 0.29) is 0 Å². The Bertz CT molecular complexity index is 782. The van der Waals surface area contributed by atoms with Gasteiger partial charge in [0.05, 0.1) is 12.7 Å². The molecule has 3 aromatic rings. The van der Waals surface area contributed by atoms with Crippen molar-refractivity contribution in [3.63, 3.8) is 0 Å². The molecule has 2 aromatic carbocycles. The second kappa shape index (κ2) is 5.71. The molecule has 0 bridgehead atoms. The minimum Gasteiger partial charge on any atom is -0.497 e. The number of aldehydes is 1. The van der Waals surface area contributed by atoms with Gasteiger partial charge < -0.3 is 4.74 Å². The summed E-state index contributed by atoms with van der Waals surface area (Å²) in [6.45, 7) is 0. The molecular formula is C17H14N2O2. The number of hydrogen-bond donors (Lipinski definition) is 0. The van der Waals surface area contributed by atoms with Crippen LogP contribution in [-0.4, -0.2) is 23.4 Å². The highest BCUT2D eigenvalue weighted by atomic mass is 16.5. The largest absolute Gasteiger partial charge is 0.497 e. The summed E-state index contributed by atoms with van der Waals surface area (Å²) >= 11 is 0. The number of benzene rings is 2. The average Bonchev–Trinajstić information content (AvgIpc) is 2.55. The number of methoxy groups -OCH3 is 1. The van der Waals surface area contributed by atoms with Crippen molar-refractivity contribution in [3.8, 4) is 5.75 Å². The van der Waals surface area contributed by atoms with Crippen LogP contribution in [-0.2, 0) is 6.42 Å². The number of nitrogens with zero attached hydrogens (tertiary/aromatic N) is 2. The monoisotopic (exact) mass is 278 g/mol. The fourth-order valence-corrected chi connectivity index (χ4v) is 2.28. The Morgan fingerprint density at radius 3 is 2.67 bits per heavy atom. The second-order valence-corrected chi connectivity index (χ2v) is 4.73. The van der Waals surface area contributed by atoms with Gasteiger partial charge in [-0.05, 0) is 28.5 Å². The standard InChI is InChI=1S/C17H14N2O2/c1-21-15-6-5-13-3-2-4-14(16(13)8-15)7-17-18-9-12(11-20)10-19-17/h2-6,8-11H,7H2,1H3. The van der Waals surface area contributed by atoms with Crippen LogP contribution in [0.2, 0.25) is 0 Å². The van der Waals surface area contributed by atoms with Gasteiger partial charge in [0, 0.05) is 18.8 Å². The summed E-state index contributed by atoms with van der Waals surface area (Å²) in [5, 5.41) is 2.28. The molecular weight excluding hydrogens is 264 g/mol.